The van der Waals surface area contributed by atoms with E-state index in [4.69, 9.17) is 0 Å². The first kappa shape index (κ1) is 20.0. The Balaban J connectivity index is 1.58. The molecule has 3 aromatic carbocycles. The van der Waals surface area contributed by atoms with Crippen molar-refractivity contribution in [1.29, 1.82) is 0 Å². The summed E-state index contributed by atoms with van der Waals surface area (Å²) in [6.45, 7) is 0. The first-order valence-electron chi connectivity index (χ1n) is 9.72. The van der Waals surface area contributed by atoms with Gasteiger partial charge in [0.1, 0.15) is 6.04 Å². The van der Waals surface area contributed by atoms with E-state index >= 15 is 0 Å². The Kier molecular flexibility index (Phi) is 5.57. The van der Waals surface area contributed by atoms with Crippen LogP contribution in [0.3, 0.4) is 0 Å². The van der Waals surface area contributed by atoms with E-state index in [1.807, 2.05) is 18.2 Å². The summed E-state index contributed by atoms with van der Waals surface area (Å²) < 4.78 is 0. The summed E-state index contributed by atoms with van der Waals surface area (Å²) >= 11 is 0. The van der Waals surface area contributed by atoms with Gasteiger partial charge in [0.15, 0.2) is 0 Å². The second-order valence-corrected chi connectivity index (χ2v) is 7.04. The van der Waals surface area contributed by atoms with Gasteiger partial charge in [-0.3, -0.25) is 34.9 Å². The van der Waals surface area contributed by atoms with E-state index in [-0.39, 0.29) is 17.5 Å². The van der Waals surface area contributed by atoms with Gasteiger partial charge in [0.05, 0.1) is 11.1 Å². The van der Waals surface area contributed by atoms with E-state index in [0.717, 1.165) is 10.5 Å². The van der Waals surface area contributed by atoms with E-state index in [1.54, 1.807) is 66.7 Å². The molecule has 0 unspecified atom stereocenters. The molecule has 1 heterocycles. The fourth-order valence-electron chi connectivity index (χ4n) is 3.49. The largest absolute Gasteiger partial charge is 0.271 e. The average molecular weight is 413 g/mol. The van der Waals surface area contributed by atoms with Crippen LogP contribution in [-0.4, -0.2) is 34.6 Å². The topological polar surface area (TPSA) is 95.6 Å². The molecule has 0 aliphatic carbocycles. The molecule has 3 aromatic rings. The monoisotopic (exact) mass is 413 g/mol. The zero-order valence-electron chi connectivity index (χ0n) is 16.4. The van der Waals surface area contributed by atoms with Gasteiger partial charge in [0, 0.05) is 12.0 Å². The minimum absolute atomic E-state index is 0.110. The number of fused-ring (bicyclic) bond motifs is 1. The molecule has 0 aromatic heterocycles. The zero-order valence-corrected chi connectivity index (χ0v) is 16.4. The molecule has 4 rings (SSSR count). The Morgan fingerprint density at radius 1 is 0.710 bits per heavy atom. The van der Waals surface area contributed by atoms with Gasteiger partial charge in [0.2, 0.25) is 0 Å². The van der Waals surface area contributed by atoms with Crippen LogP contribution in [0.5, 0.6) is 0 Å². The summed E-state index contributed by atoms with van der Waals surface area (Å²) in [6.07, 6.45) is 0.110. The van der Waals surface area contributed by atoms with Crippen LogP contribution in [0.4, 0.5) is 0 Å². The molecular weight excluding hydrogens is 394 g/mol. The number of nitrogens with zero attached hydrogens (tertiary/aromatic N) is 1. The maximum atomic E-state index is 13.0. The van der Waals surface area contributed by atoms with Crippen molar-refractivity contribution in [3.63, 3.8) is 0 Å². The Hall–Kier alpha value is -4.26. The number of benzene rings is 3. The molecule has 0 fully saturated rings. The van der Waals surface area contributed by atoms with E-state index in [2.05, 4.69) is 10.9 Å². The van der Waals surface area contributed by atoms with Crippen molar-refractivity contribution in [1.82, 2.24) is 15.8 Å². The molecule has 0 radical (unpaired) electrons. The van der Waals surface area contributed by atoms with Crippen molar-refractivity contribution in [2.24, 2.45) is 0 Å². The number of nitrogens with one attached hydrogen (secondary N) is 2. The van der Waals surface area contributed by atoms with E-state index < -0.39 is 29.7 Å². The summed E-state index contributed by atoms with van der Waals surface area (Å²) in [7, 11) is 0. The third-order valence-electron chi connectivity index (χ3n) is 5.05. The van der Waals surface area contributed by atoms with Crippen LogP contribution in [-0.2, 0) is 11.2 Å². The minimum atomic E-state index is -1.13. The molecular formula is C24H19N3O4. The SMILES string of the molecule is O=C(NNC(=O)[C@H](Cc1ccccc1)N1C(=O)c2ccccc2C1=O)c1ccccc1. The van der Waals surface area contributed by atoms with Gasteiger partial charge in [-0.05, 0) is 29.8 Å². The lowest BCUT2D eigenvalue weighted by atomic mass is 10.0. The van der Waals surface area contributed by atoms with Gasteiger partial charge < -0.3 is 0 Å². The third kappa shape index (κ3) is 4.06. The van der Waals surface area contributed by atoms with Crippen molar-refractivity contribution in [2.45, 2.75) is 12.5 Å². The summed E-state index contributed by atoms with van der Waals surface area (Å²) in [6, 6.07) is 22.8. The standard InChI is InChI=1S/C24H19N3O4/c28-21(17-11-5-2-6-12-17)25-26-22(29)20(15-16-9-3-1-4-10-16)27-23(30)18-13-7-8-14-19(18)24(27)31/h1-14,20H,15H2,(H,25,28)(H,26,29)/t20-/m0/s1. The van der Waals surface area contributed by atoms with Gasteiger partial charge in [0.25, 0.3) is 23.6 Å². The lowest BCUT2D eigenvalue weighted by Crippen LogP contribution is -2.54. The zero-order chi connectivity index (χ0) is 21.8. The van der Waals surface area contributed by atoms with Crippen molar-refractivity contribution >= 4 is 23.6 Å². The summed E-state index contributed by atoms with van der Waals surface area (Å²) in [5, 5.41) is 0. The molecule has 4 amide bonds. The Bertz CT molecular complexity index is 1110. The number of amides is 4. The van der Waals surface area contributed by atoms with Gasteiger partial charge in [-0.2, -0.15) is 0 Å². The highest BCUT2D eigenvalue weighted by Gasteiger charge is 2.42. The number of rotatable bonds is 5. The predicted octanol–water partition coefficient (Wildman–Crippen LogP) is 2.36. The lowest BCUT2D eigenvalue weighted by molar-refractivity contribution is -0.125. The van der Waals surface area contributed by atoms with E-state index in [0.29, 0.717) is 5.56 Å². The van der Waals surface area contributed by atoms with Crippen molar-refractivity contribution in [3.8, 4) is 0 Å². The van der Waals surface area contributed by atoms with Crippen LogP contribution in [0.25, 0.3) is 0 Å². The summed E-state index contributed by atoms with van der Waals surface area (Å²) in [5.74, 6) is -2.24. The Labute approximate surface area is 178 Å². The maximum Gasteiger partial charge on any atom is 0.269 e. The molecule has 31 heavy (non-hydrogen) atoms. The third-order valence-corrected chi connectivity index (χ3v) is 5.05. The van der Waals surface area contributed by atoms with Crippen LogP contribution in [0.1, 0.15) is 36.6 Å². The molecule has 0 saturated heterocycles. The molecule has 7 nitrogen and oxygen atoms in total. The van der Waals surface area contributed by atoms with Crippen LogP contribution in [0.2, 0.25) is 0 Å². The smallest absolute Gasteiger partial charge is 0.269 e. The lowest BCUT2D eigenvalue weighted by Gasteiger charge is -2.25. The minimum Gasteiger partial charge on any atom is -0.271 e. The van der Waals surface area contributed by atoms with Crippen LogP contribution >= 0.6 is 0 Å². The van der Waals surface area contributed by atoms with Crippen LogP contribution in [0, 0.1) is 0 Å². The van der Waals surface area contributed by atoms with Gasteiger partial charge in [-0.25, -0.2) is 0 Å². The van der Waals surface area contributed by atoms with Gasteiger partial charge in [-0.1, -0.05) is 60.7 Å². The molecule has 0 spiro atoms. The highest BCUT2D eigenvalue weighted by molar-refractivity contribution is 6.22. The molecule has 154 valence electrons. The first-order valence-corrected chi connectivity index (χ1v) is 9.72. The van der Waals surface area contributed by atoms with Crippen LogP contribution in [0.15, 0.2) is 84.9 Å². The fourth-order valence-corrected chi connectivity index (χ4v) is 3.49. The molecule has 2 N–H and O–H groups in total. The average Bonchev–Trinajstić information content (AvgIpc) is 3.07. The number of carbonyl (C=O) groups excluding carboxylic acids is 4. The molecule has 1 atom stereocenters. The number of imide groups is 1. The van der Waals surface area contributed by atoms with Crippen molar-refractivity contribution in [2.75, 3.05) is 0 Å². The van der Waals surface area contributed by atoms with Gasteiger partial charge >= 0.3 is 0 Å². The molecule has 0 bridgehead atoms. The Morgan fingerprint density at radius 3 is 1.81 bits per heavy atom. The highest BCUT2D eigenvalue weighted by Crippen LogP contribution is 2.26. The van der Waals surface area contributed by atoms with Gasteiger partial charge in [-0.15, -0.1) is 0 Å². The molecule has 1 aliphatic heterocycles. The number of carbonyl (C=O) groups is 4. The quantitative estimate of drug-likeness (QED) is 0.496. The second kappa shape index (κ2) is 8.62. The van der Waals surface area contributed by atoms with E-state index in [1.165, 1.54) is 0 Å². The summed E-state index contributed by atoms with van der Waals surface area (Å²) in [5.41, 5.74) is 6.36. The Morgan fingerprint density at radius 2 is 1.23 bits per heavy atom. The maximum absolute atomic E-state index is 13.0. The highest BCUT2D eigenvalue weighted by atomic mass is 16.2. The van der Waals surface area contributed by atoms with E-state index in [9.17, 15) is 19.2 Å². The number of hydrogen-bond acceptors (Lipinski definition) is 4. The number of hydrogen-bond donors (Lipinski definition) is 2. The first-order chi connectivity index (χ1) is 15.1. The summed E-state index contributed by atoms with van der Waals surface area (Å²) in [4.78, 5) is 52.2. The molecule has 1 aliphatic rings. The normalized spacial score (nSPS) is 13.5. The number of hydrazine groups is 1. The second-order valence-electron chi connectivity index (χ2n) is 7.04. The van der Waals surface area contributed by atoms with Crippen LogP contribution < -0.4 is 10.9 Å². The predicted molar refractivity (Wildman–Crippen MR) is 113 cm³/mol. The van der Waals surface area contributed by atoms with Crippen molar-refractivity contribution in [3.05, 3.63) is 107 Å². The fraction of sp³-hybridized carbons (Fsp3) is 0.0833. The van der Waals surface area contributed by atoms with Crippen molar-refractivity contribution < 1.29 is 19.2 Å². The molecule has 7 heteroatoms. The molecule has 0 saturated carbocycles.